The molecule has 14 heteroatoms. The molecule has 0 radical (unpaired) electrons. The van der Waals surface area contributed by atoms with Crippen molar-refractivity contribution in [2.45, 2.75) is 123 Å². The molecule has 0 amide bonds. The number of sulfonamides is 2. The summed E-state index contributed by atoms with van der Waals surface area (Å²) in [7, 11) is -11.7. The first-order valence-corrected chi connectivity index (χ1v) is 25.4. The van der Waals surface area contributed by atoms with Gasteiger partial charge in [0.25, 0.3) is 0 Å². The summed E-state index contributed by atoms with van der Waals surface area (Å²) in [4.78, 5) is 0. The number of sulfone groups is 2. The third kappa shape index (κ3) is 11.5. The highest BCUT2D eigenvalue weighted by atomic mass is 32.2. The second kappa shape index (κ2) is 18.6. The van der Waals surface area contributed by atoms with Gasteiger partial charge in [-0.15, -0.1) is 0 Å². The highest BCUT2D eigenvalue weighted by molar-refractivity contribution is 7.93. The summed E-state index contributed by atoms with van der Waals surface area (Å²) in [5, 5.41) is -0.362. The Morgan fingerprint density at radius 2 is 1.13 bits per heavy atom. The van der Waals surface area contributed by atoms with E-state index in [1.54, 1.807) is 4.31 Å². The lowest BCUT2D eigenvalue weighted by Crippen LogP contribution is -2.42. The van der Waals surface area contributed by atoms with Gasteiger partial charge in [0.2, 0.25) is 20.0 Å². The number of anilines is 1. The Balaban J connectivity index is 0.000000189. The Labute approximate surface area is 315 Å². The summed E-state index contributed by atoms with van der Waals surface area (Å²) in [6, 6.07) is 15.7. The smallest absolute Gasteiger partial charge is 0.235 e. The number of hydrogen-bond donors (Lipinski definition) is 0. The normalized spacial score (nSPS) is 24.3. The van der Waals surface area contributed by atoms with E-state index in [1.165, 1.54) is 9.87 Å². The van der Waals surface area contributed by atoms with Crippen molar-refractivity contribution in [1.82, 2.24) is 4.31 Å². The average Bonchev–Trinajstić information content (AvgIpc) is 3.03. The van der Waals surface area contributed by atoms with Crippen LogP contribution in [-0.4, -0.2) is 84.9 Å². The van der Waals surface area contributed by atoms with E-state index in [0.29, 0.717) is 42.6 Å². The zero-order valence-corrected chi connectivity index (χ0v) is 35.6. The van der Waals surface area contributed by atoms with E-state index in [4.69, 9.17) is 0 Å². The van der Waals surface area contributed by atoms with Crippen molar-refractivity contribution in [2.24, 2.45) is 11.8 Å². The third-order valence-electron chi connectivity index (χ3n) is 9.97. The van der Waals surface area contributed by atoms with Crippen LogP contribution in [0.25, 0.3) is 0 Å². The first-order chi connectivity index (χ1) is 24.1. The van der Waals surface area contributed by atoms with Crippen LogP contribution in [0.5, 0.6) is 0 Å². The summed E-state index contributed by atoms with van der Waals surface area (Å²) in [5.74, 6) is 1.72. The highest BCUT2D eigenvalue weighted by Crippen LogP contribution is 2.37. The standard InChI is InChI=1S/C12H16O2S.C11H15NO2S.C8H16O2S.C7H15NO2S/c2*1-9(2)12-11-6-4-3-5-10(11)7-8-15(12,13)14;2*1-7(2)8-5-3-4-6-11(8,9)10/h3-6,9,12H,7-8H2,1-2H3;3-6,9H,7-8H2,1-2H3;7-8H,3-6H2,1-2H3;7H,3-6H2,1-2H3. The van der Waals surface area contributed by atoms with Gasteiger partial charge in [0.15, 0.2) is 19.7 Å². The molecule has 2 aromatic rings. The maximum Gasteiger partial charge on any atom is 0.235 e. The van der Waals surface area contributed by atoms with Gasteiger partial charge in [0, 0.05) is 18.6 Å². The molecular formula is C38H62N2O8S4. The summed E-state index contributed by atoms with van der Waals surface area (Å²) in [5.41, 5.74) is 4.18. The lowest BCUT2D eigenvalue weighted by atomic mass is 9.95. The molecule has 0 saturated carbocycles. The van der Waals surface area contributed by atoms with Crippen molar-refractivity contribution in [3.05, 3.63) is 65.2 Å². The molecule has 52 heavy (non-hydrogen) atoms. The van der Waals surface area contributed by atoms with E-state index in [0.717, 1.165) is 48.9 Å². The second-order valence-electron chi connectivity index (χ2n) is 15.4. The molecular weight excluding hydrogens is 741 g/mol. The van der Waals surface area contributed by atoms with Gasteiger partial charge in [-0.1, -0.05) is 76.6 Å². The zero-order chi connectivity index (χ0) is 39.1. The van der Waals surface area contributed by atoms with Crippen molar-refractivity contribution >= 4 is 45.4 Å². The van der Waals surface area contributed by atoms with E-state index in [9.17, 15) is 33.7 Å². The maximum absolute atomic E-state index is 12.0. The molecule has 2 atom stereocenters. The van der Waals surface area contributed by atoms with Gasteiger partial charge in [0.05, 0.1) is 39.2 Å². The van der Waals surface area contributed by atoms with Gasteiger partial charge in [0.1, 0.15) is 0 Å². The number of aryl methyl sites for hydroxylation is 2. The molecule has 2 unspecified atom stereocenters. The number of fused-ring (bicyclic) bond motifs is 2. The number of benzene rings is 2. The van der Waals surface area contributed by atoms with Crippen LogP contribution < -0.4 is 4.31 Å². The average molecular weight is 803 g/mol. The van der Waals surface area contributed by atoms with Crippen molar-refractivity contribution in [3.63, 3.8) is 0 Å². The van der Waals surface area contributed by atoms with Crippen LogP contribution in [0.15, 0.2) is 48.5 Å². The minimum atomic E-state index is -3.10. The molecule has 4 aliphatic heterocycles. The van der Waals surface area contributed by atoms with Crippen LogP contribution >= 0.6 is 0 Å². The topological polar surface area (TPSA) is 143 Å². The Morgan fingerprint density at radius 1 is 0.558 bits per heavy atom. The first kappa shape index (κ1) is 44.4. The predicted molar refractivity (Wildman–Crippen MR) is 214 cm³/mol. The minimum Gasteiger partial charge on any atom is -0.267 e. The molecule has 2 fully saturated rings. The lowest BCUT2D eigenvalue weighted by molar-refractivity contribution is 0.333. The predicted octanol–water partition coefficient (Wildman–Crippen LogP) is 6.57. The van der Waals surface area contributed by atoms with Crippen molar-refractivity contribution in [3.8, 4) is 0 Å². The number of nitrogens with zero attached hydrogens (tertiary/aromatic N) is 2. The fraction of sp³-hybridized carbons (Fsp3) is 0.684. The molecule has 6 rings (SSSR count). The number of para-hydroxylation sites is 1. The maximum atomic E-state index is 12.0. The minimum absolute atomic E-state index is 0.0172. The molecule has 2 saturated heterocycles. The molecule has 10 nitrogen and oxygen atoms in total. The summed E-state index contributed by atoms with van der Waals surface area (Å²) in [6.45, 7) is 16.3. The molecule has 4 aliphatic rings. The fourth-order valence-electron chi connectivity index (χ4n) is 7.53. The van der Waals surface area contributed by atoms with Crippen LogP contribution in [0.2, 0.25) is 0 Å². The number of rotatable bonds is 4. The van der Waals surface area contributed by atoms with Gasteiger partial charge in [-0.05, 0) is 101 Å². The van der Waals surface area contributed by atoms with Crippen molar-refractivity contribution in [2.75, 3.05) is 33.9 Å². The first-order valence-electron chi connectivity index (χ1n) is 18.7. The van der Waals surface area contributed by atoms with Gasteiger partial charge in [-0.25, -0.2) is 33.7 Å². The molecule has 0 aliphatic carbocycles. The van der Waals surface area contributed by atoms with E-state index in [1.807, 2.05) is 104 Å². The molecule has 0 N–H and O–H groups in total. The summed E-state index contributed by atoms with van der Waals surface area (Å²) < 4.78 is 96.5. The van der Waals surface area contributed by atoms with E-state index in [-0.39, 0.29) is 34.3 Å². The van der Waals surface area contributed by atoms with Crippen LogP contribution in [0.3, 0.4) is 0 Å². The molecule has 4 heterocycles. The molecule has 0 aromatic heterocycles. The Hall–Kier alpha value is -2.00. The number of hydrogen-bond acceptors (Lipinski definition) is 8. The quantitative estimate of drug-likeness (QED) is 0.338. The zero-order valence-electron chi connectivity index (χ0n) is 32.4. The Bertz CT molecular complexity index is 1770. The monoisotopic (exact) mass is 802 g/mol. The molecule has 0 bridgehead atoms. The van der Waals surface area contributed by atoms with E-state index >= 15 is 0 Å². The Kier molecular flexibility index (Phi) is 15.8. The second-order valence-corrected chi connectivity index (χ2v) is 24.0. The van der Waals surface area contributed by atoms with Gasteiger partial charge in [-0.3, -0.25) is 4.31 Å². The SMILES string of the molecule is CC(C)C1CCCCS1(=O)=O.CC(C)C1c2ccccc2CCS1(=O)=O.CC(C)N1CCCCS1(=O)=O.CC(C)N1c2ccccc2CCS1(=O)=O. The van der Waals surface area contributed by atoms with Gasteiger partial charge < -0.3 is 0 Å². The highest BCUT2D eigenvalue weighted by Gasteiger charge is 2.35. The van der Waals surface area contributed by atoms with Crippen molar-refractivity contribution < 1.29 is 33.7 Å². The van der Waals surface area contributed by atoms with Crippen molar-refractivity contribution in [1.29, 1.82) is 0 Å². The van der Waals surface area contributed by atoms with E-state index < -0.39 is 39.7 Å². The van der Waals surface area contributed by atoms with E-state index in [2.05, 4.69) is 0 Å². The molecule has 296 valence electrons. The third-order valence-corrected chi connectivity index (χ3v) is 18.9. The van der Waals surface area contributed by atoms with Gasteiger partial charge in [-0.2, -0.15) is 4.31 Å². The van der Waals surface area contributed by atoms with Crippen LogP contribution in [0, 0.1) is 11.8 Å². The Morgan fingerprint density at radius 3 is 1.65 bits per heavy atom. The van der Waals surface area contributed by atoms with Gasteiger partial charge >= 0.3 is 0 Å². The summed E-state index contributed by atoms with van der Waals surface area (Å²) >= 11 is 0. The van der Waals surface area contributed by atoms with Crippen LogP contribution in [-0.2, 0) is 52.6 Å². The lowest BCUT2D eigenvalue weighted by Gasteiger charge is -2.33. The molecule has 0 spiro atoms. The fourth-order valence-corrected chi connectivity index (χ4v) is 15.6. The largest absolute Gasteiger partial charge is 0.267 e. The van der Waals surface area contributed by atoms with Crippen LogP contribution in [0.4, 0.5) is 5.69 Å². The van der Waals surface area contributed by atoms with Crippen LogP contribution in [0.1, 0.15) is 109 Å². The molecule has 2 aromatic carbocycles. The summed E-state index contributed by atoms with van der Waals surface area (Å²) in [6.07, 6.45) is 5.96.